The molecule has 52 heavy (non-hydrogen) atoms. The van der Waals surface area contributed by atoms with Crippen molar-refractivity contribution < 1.29 is 39.8 Å². The molecule has 7 unspecified atom stereocenters. The summed E-state index contributed by atoms with van der Waals surface area (Å²) in [4.78, 5) is 12.8. The Labute approximate surface area is 316 Å². The van der Waals surface area contributed by atoms with Crippen molar-refractivity contribution in [1.82, 2.24) is 5.32 Å². The average molecular weight is 736 g/mol. The monoisotopic (exact) mass is 736 g/mol. The highest BCUT2D eigenvalue weighted by Crippen LogP contribution is 2.22. The van der Waals surface area contributed by atoms with E-state index < -0.39 is 49.5 Å². The predicted octanol–water partition coefficient (Wildman–Crippen LogP) is 7.89. The minimum absolute atomic E-state index is 0.224. The van der Waals surface area contributed by atoms with Gasteiger partial charge in [-0.2, -0.15) is 0 Å². The number of unbranched alkanes of at least 4 members (excludes halogenated alkanes) is 17. The number of hydrogen-bond acceptors (Lipinski definition) is 8. The van der Waals surface area contributed by atoms with Crippen molar-refractivity contribution in [2.24, 2.45) is 0 Å². The maximum atomic E-state index is 12.8. The highest BCUT2D eigenvalue weighted by atomic mass is 16.7. The summed E-state index contributed by atoms with van der Waals surface area (Å²) in [6, 6.07) is -0.850. The lowest BCUT2D eigenvalue weighted by atomic mass is 9.99. The van der Waals surface area contributed by atoms with E-state index in [0.717, 1.165) is 32.1 Å². The lowest BCUT2D eigenvalue weighted by Crippen LogP contribution is -2.60. The smallest absolute Gasteiger partial charge is 0.220 e. The maximum absolute atomic E-state index is 12.8. The Morgan fingerprint density at radius 1 is 0.654 bits per heavy atom. The molecule has 1 heterocycles. The number of ether oxygens (including phenoxy) is 2. The Kier molecular flexibility index (Phi) is 31.2. The molecule has 0 aromatic carbocycles. The van der Waals surface area contributed by atoms with Gasteiger partial charge in [0.15, 0.2) is 6.29 Å². The third-order valence-corrected chi connectivity index (χ3v) is 9.64. The second-order valence-corrected chi connectivity index (χ2v) is 14.4. The first-order chi connectivity index (χ1) is 25.3. The lowest BCUT2D eigenvalue weighted by Gasteiger charge is -2.40. The van der Waals surface area contributed by atoms with Crippen LogP contribution in [0, 0.1) is 0 Å². The van der Waals surface area contributed by atoms with Crippen molar-refractivity contribution in [2.75, 3.05) is 13.2 Å². The molecule has 1 amide bonds. The van der Waals surface area contributed by atoms with Crippen LogP contribution in [0.3, 0.4) is 0 Å². The highest BCUT2D eigenvalue weighted by molar-refractivity contribution is 5.76. The number of amides is 1. The van der Waals surface area contributed by atoms with Crippen LogP contribution < -0.4 is 5.32 Å². The van der Waals surface area contributed by atoms with Crippen LogP contribution in [0.25, 0.3) is 0 Å². The first-order valence-corrected chi connectivity index (χ1v) is 20.9. The summed E-state index contributed by atoms with van der Waals surface area (Å²) >= 11 is 0. The van der Waals surface area contributed by atoms with Gasteiger partial charge in [-0.05, 0) is 51.4 Å². The van der Waals surface area contributed by atoms with E-state index in [2.05, 4.69) is 43.5 Å². The quantitative estimate of drug-likeness (QED) is 0.0295. The van der Waals surface area contributed by atoms with Gasteiger partial charge in [0, 0.05) is 6.42 Å². The van der Waals surface area contributed by atoms with Gasteiger partial charge in [-0.15, -0.1) is 0 Å². The Hall–Kier alpha value is -1.85. The lowest BCUT2D eigenvalue weighted by molar-refractivity contribution is -0.302. The SMILES string of the molecule is CCCCCCCC/C=C\C/C=C\CCC(=O)NC(COC1OC(CO)C(O)C(O)C1O)C(O)/C=C/CC/C=C/CCCCCCCCCCCC. The molecule has 0 spiro atoms. The number of aliphatic hydroxyl groups excluding tert-OH is 5. The zero-order valence-corrected chi connectivity index (χ0v) is 32.8. The molecule has 1 aliphatic heterocycles. The second-order valence-electron chi connectivity index (χ2n) is 14.4. The predicted molar refractivity (Wildman–Crippen MR) is 212 cm³/mol. The van der Waals surface area contributed by atoms with Gasteiger partial charge >= 0.3 is 0 Å². The zero-order chi connectivity index (χ0) is 38.1. The summed E-state index contributed by atoms with van der Waals surface area (Å²) in [7, 11) is 0. The minimum atomic E-state index is -1.58. The van der Waals surface area contributed by atoms with Crippen molar-refractivity contribution in [3.8, 4) is 0 Å². The maximum Gasteiger partial charge on any atom is 0.220 e. The molecule has 9 heteroatoms. The average Bonchev–Trinajstić information content (AvgIpc) is 3.14. The van der Waals surface area contributed by atoms with E-state index in [-0.39, 0.29) is 18.9 Å². The van der Waals surface area contributed by atoms with Crippen molar-refractivity contribution in [3.63, 3.8) is 0 Å². The van der Waals surface area contributed by atoms with E-state index in [1.165, 1.54) is 103 Å². The molecule has 1 rings (SSSR count). The van der Waals surface area contributed by atoms with Gasteiger partial charge in [0.2, 0.25) is 5.91 Å². The summed E-state index contributed by atoms with van der Waals surface area (Å²) in [6.07, 6.45) is 34.5. The molecular weight excluding hydrogens is 658 g/mol. The van der Waals surface area contributed by atoms with Crippen molar-refractivity contribution in [3.05, 3.63) is 48.6 Å². The summed E-state index contributed by atoms with van der Waals surface area (Å²) in [6.45, 7) is 3.68. The van der Waals surface area contributed by atoms with Gasteiger partial charge in [0.1, 0.15) is 24.4 Å². The molecule has 0 bridgehead atoms. The molecule has 1 aliphatic rings. The normalized spacial score (nSPS) is 22.3. The van der Waals surface area contributed by atoms with E-state index in [9.17, 15) is 30.3 Å². The molecule has 1 fully saturated rings. The van der Waals surface area contributed by atoms with Gasteiger partial charge < -0.3 is 40.3 Å². The van der Waals surface area contributed by atoms with Gasteiger partial charge in [0.05, 0.1) is 25.4 Å². The molecule has 302 valence electrons. The fourth-order valence-corrected chi connectivity index (χ4v) is 6.22. The van der Waals surface area contributed by atoms with Crippen molar-refractivity contribution >= 4 is 5.91 Å². The number of hydrogen-bond donors (Lipinski definition) is 6. The molecule has 0 radical (unpaired) electrons. The molecule has 7 atom stereocenters. The van der Waals surface area contributed by atoms with Crippen LogP contribution in [-0.2, 0) is 14.3 Å². The standard InChI is InChI=1S/C43H77NO8/c1-3-5-7-9-11-13-15-17-18-19-21-22-24-26-28-30-32-37(46)36(35-51-43-42(50)41(49)40(48)38(34-45)52-43)44-39(47)33-31-29-27-25-23-20-16-14-12-10-8-6-4-2/h20,22-24,27,29-30,32,36-38,40-43,45-46,48-50H,3-19,21,25-26,28,31,33-35H2,1-2H3,(H,44,47)/b23-20-,24-22+,29-27-,32-30+. The van der Waals surface area contributed by atoms with E-state index in [1.54, 1.807) is 6.08 Å². The number of rotatable bonds is 33. The molecule has 1 saturated heterocycles. The fraction of sp³-hybridized carbons (Fsp3) is 0.791. The number of allylic oxidation sites excluding steroid dienone is 7. The molecule has 9 nitrogen and oxygen atoms in total. The first-order valence-electron chi connectivity index (χ1n) is 20.9. The van der Waals surface area contributed by atoms with Gasteiger partial charge in [-0.3, -0.25) is 4.79 Å². The molecule has 0 saturated carbocycles. The van der Waals surface area contributed by atoms with Crippen LogP contribution in [0.2, 0.25) is 0 Å². The summed E-state index contributed by atoms with van der Waals surface area (Å²) in [5, 5.41) is 53.9. The molecule has 0 aromatic rings. The van der Waals surface area contributed by atoms with E-state index in [0.29, 0.717) is 6.42 Å². The van der Waals surface area contributed by atoms with Crippen LogP contribution >= 0.6 is 0 Å². The molecule has 6 N–H and O–H groups in total. The van der Waals surface area contributed by atoms with Crippen molar-refractivity contribution in [2.45, 2.75) is 204 Å². The molecule has 0 aliphatic carbocycles. The summed E-state index contributed by atoms with van der Waals surface area (Å²) in [5.41, 5.74) is 0. The van der Waals surface area contributed by atoms with Crippen molar-refractivity contribution in [1.29, 1.82) is 0 Å². The van der Waals surface area contributed by atoms with E-state index in [1.807, 2.05) is 18.2 Å². The second kappa shape index (κ2) is 33.7. The summed E-state index contributed by atoms with van der Waals surface area (Å²) in [5.74, 6) is -0.256. The number of aliphatic hydroxyl groups is 5. The third-order valence-electron chi connectivity index (χ3n) is 9.64. The third kappa shape index (κ3) is 24.5. The summed E-state index contributed by atoms with van der Waals surface area (Å²) < 4.78 is 11.1. The largest absolute Gasteiger partial charge is 0.394 e. The first kappa shape index (κ1) is 48.2. The molecule has 0 aromatic heterocycles. The van der Waals surface area contributed by atoms with E-state index >= 15 is 0 Å². The number of carbonyl (C=O) groups excluding carboxylic acids is 1. The van der Waals surface area contributed by atoms with Gasteiger partial charge in [-0.1, -0.05) is 152 Å². The van der Waals surface area contributed by atoms with Gasteiger partial charge in [-0.25, -0.2) is 0 Å². The topological polar surface area (TPSA) is 149 Å². The Morgan fingerprint density at radius 3 is 1.73 bits per heavy atom. The number of nitrogens with one attached hydrogen (secondary N) is 1. The van der Waals surface area contributed by atoms with Crippen LogP contribution in [0.5, 0.6) is 0 Å². The van der Waals surface area contributed by atoms with E-state index in [4.69, 9.17) is 9.47 Å². The van der Waals surface area contributed by atoms with Crippen LogP contribution in [0.4, 0.5) is 0 Å². The van der Waals surface area contributed by atoms with Crippen LogP contribution in [-0.4, -0.2) is 87.5 Å². The Balaban J connectivity index is 2.49. The Morgan fingerprint density at radius 2 is 1.15 bits per heavy atom. The zero-order valence-electron chi connectivity index (χ0n) is 32.8. The minimum Gasteiger partial charge on any atom is -0.394 e. The van der Waals surface area contributed by atoms with Crippen LogP contribution in [0.15, 0.2) is 48.6 Å². The van der Waals surface area contributed by atoms with Gasteiger partial charge in [0.25, 0.3) is 0 Å². The highest BCUT2D eigenvalue weighted by Gasteiger charge is 2.44. The fourth-order valence-electron chi connectivity index (χ4n) is 6.22. The number of carbonyl (C=O) groups is 1. The Bertz CT molecular complexity index is 951. The molecular formula is C43H77NO8. The van der Waals surface area contributed by atoms with Crippen LogP contribution in [0.1, 0.15) is 162 Å².